The van der Waals surface area contributed by atoms with Gasteiger partial charge in [-0.3, -0.25) is 4.79 Å². The Bertz CT molecular complexity index is 285. The summed E-state index contributed by atoms with van der Waals surface area (Å²) in [5.41, 5.74) is 0. The molecule has 0 unspecified atom stereocenters. The summed E-state index contributed by atoms with van der Waals surface area (Å²) in [4.78, 5) is 22.8. The second-order valence-electron chi connectivity index (χ2n) is 5.64. The van der Waals surface area contributed by atoms with Gasteiger partial charge in [0.15, 0.2) is 0 Å². The molecule has 0 aromatic heterocycles. The van der Waals surface area contributed by atoms with E-state index in [4.69, 9.17) is 5.11 Å². The van der Waals surface area contributed by atoms with Gasteiger partial charge in [-0.2, -0.15) is 0 Å². The fraction of sp³-hybridized carbons (Fsp3) is 0.875. The number of hydrogen-bond donors (Lipinski definition) is 2. The number of hydrogen-bond acceptors (Lipinski definition) is 2. The van der Waals surface area contributed by atoms with Gasteiger partial charge >= 0.3 is 35.5 Å². The van der Waals surface area contributed by atoms with Crippen LogP contribution >= 0.6 is 0 Å². The van der Waals surface area contributed by atoms with Crippen molar-refractivity contribution < 1.29 is 14.7 Å². The van der Waals surface area contributed by atoms with Crippen molar-refractivity contribution in [3.8, 4) is 0 Å². The molecule has 120 valence electrons. The van der Waals surface area contributed by atoms with Gasteiger partial charge in [0.2, 0.25) is 5.91 Å². The van der Waals surface area contributed by atoms with E-state index in [1.807, 2.05) is 13.8 Å². The number of carbonyl (C=O) groups is 2. The molecule has 0 radical (unpaired) electrons. The molecule has 0 aliphatic rings. The molecule has 4 nitrogen and oxygen atoms in total. The number of aliphatic carboxylic acids is 1. The van der Waals surface area contributed by atoms with Crippen LogP contribution in [0.4, 0.5) is 0 Å². The summed E-state index contributed by atoms with van der Waals surface area (Å²) in [5.74, 6) is -1.11. The van der Waals surface area contributed by atoms with Gasteiger partial charge in [0.25, 0.3) is 0 Å². The Morgan fingerprint density at radius 3 is 2.00 bits per heavy atom. The van der Waals surface area contributed by atoms with Gasteiger partial charge in [-0.05, 0) is 12.3 Å². The minimum atomic E-state index is -0.938. The van der Waals surface area contributed by atoms with Crippen molar-refractivity contribution in [3.63, 3.8) is 0 Å². The first kappa shape index (κ1) is 23.2. The first-order valence-electron chi connectivity index (χ1n) is 8.05. The van der Waals surface area contributed by atoms with Crippen LogP contribution in [0, 0.1) is 5.92 Å². The van der Waals surface area contributed by atoms with Gasteiger partial charge in [0.1, 0.15) is 6.04 Å². The van der Waals surface area contributed by atoms with Crippen molar-refractivity contribution in [2.75, 3.05) is 0 Å². The van der Waals surface area contributed by atoms with Gasteiger partial charge in [0.05, 0.1) is 0 Å². The van der Waals surface area contributed by atoms with Crippen molar-refractivity contribution in [3.05, 3.63) is 0 Å². The average Bonchev–Trinajstić information content (AvgIpc) is 2.42. The zero-order valence-corrected chi connectivity index (χ0v) is 13.3. The maximum atomic E-state index is 11.7. The summed E-state index contributed by atoms with van der Waals surface area (Å²) in [6.45, 7) is 5.98. The van der Waals surface area contributed by atoms with Crippen LogP contribution < -0.4 is 5.32 Å². The normalized spacial score (nSPS) is 13.1. The zero-order valence-electron chi connectivity index (χ0n) is 13.3. The summed E-state index contributed by atoms with van der Waals surface area (Å²) in [5, 5.41) is 11.7. The second-order valence-corrected chi connectivity index (χ2v) is 5.64. The number of rotatable bonds is 12. The summed E-state index contributed by atoms with van der Waals surface area (Å²) in [6.07, 6.45) is 9.30. The van der Waals surface area contributed by atoms with Gasteiger partial charge in [-0.15, -0.1) is 0 Å². The SMILES string of the molecule is CCCCCCCCCC(=O)N[C@H](C(=O)O)[C@@H](C)CC.[NaH]. The predicted molar refractivity (Wildman–Crippen MR) is 88.8 cm³/mol. The van der Waals surface area contributed by atoms with Gasteiger partial charge in [0, 0.05) is 6.42 Å². The van der Waals surface area contributed by atoms with Gasteiger partial charge in [-0.25, -0.2) is 4.79 Å². The molecule has 0 rings (SSSR count). The molecule has 0 aromatic carbocycles. The van der Waals surface area contributed by atoms with E-state index < -0.39 is 12.0 Å². The van der Waals surface area contributed by atoms with Crippen molar-refractivity contribution in [2.24, 2.45) is 5.92 Å². The molecule has 21 heavy (non-hydrogen) atoms. The monoisotopic (exact) mass is 309 g/mol. The van der Waals surface area contributed by atoms with Crippen LogP contribution in [0.2, 0.25) is 0 Å². The van der Waals surface area contributed by atoms with E-state index >= 15 is 0 Å². The van der Waals surface area contributed by atoms with Crippen molar-refractivity contribution >= 4 is 41.4 Å². The molecule has 0 heterocycles. The summed E-state index contributed by atoms with van der Waals surface area (Å²) in [6, 6.07) is -0.753. The molecule has 5 heteroatoms. The molecule has 2 atom stereocenters. The summed E-state index contributed by atoms with van der Waals surface area (Å²) in [7, 11) is 0. The summed E-state index contributed by atoms with van der Waals surface area (Å²) >= 11 is 0. The van der Waals surface area contributed by atoms with E-state index in [2.05, 4.69) is 12.2 Å². The van der Waals surface area contributed by atoms with E-state index in [0.717, 1.165) is 19.3 Å². The fourth-order valence-corrected chi connectivity index (χ4v) is 2.17. The van der Waals surface area contributed by atoms with Crippen LogP contribution in [0.1, 0.15) is 78.6 Å². The van der Waals surface area contributed by atoms with Gasteiger partial charge < -0.3 is 10.4 Å². The molecular formula is C16H32NNaO3. The third-order valence-electron chi connectivity index (χ3n) is 3.80. The third kappa shape index (κ3) is 12.2. The molecule has 0 spiro atoms. The molecule has 0 saturated heterocycles. The van der Waals surface area contributed by atoms with E-state index in [0.29, 0.717) is 6.42 Å². The van der Waals surface area contributed by atoms with Crippen LogP contribution in [0.3, 0.4) is 0 Å². The van der Waals surface area contributed by atoms with Crippen molar-refractivity contribution in [1.29, 1.82) is 0 Å². The number of unbranched alkanes of at least 4 members (excludes halogenated alkanes) is 6. The Balaban J connectivity index is 0. The van der Waals surface area contributed by atoms with Crippen LogP contribution in [0.25, 0.3) is 0 Å². The fourth-order valence-electron chi connectivity index (χ4n) is 2.17. The minimum absolute atomic E-state index is 0. The number of carboxylic acid groups (broad SMARTS) is 1. The molecule has 1 amide bonds. The topological polar surface area (TPSA) is 66.4 Å². The molecule has 2 N–H and O–H groups in total. The first-order chi connectivity index (χ1) is 9.52. The molecule has 0 aromatic rings. The quantitative estimate of drug-likeness (QED) is 0.430. The molecule has 0 bridgehead atoms. The Morgan fingerprint density at radius 1 is 1.00 bits per heavy atom. The van der Waals surface area contributed by atoms with Gasteiger partial charge in [-0.1, -0.05) is 65.7 Å². The second kappa shape index (κ2) is 14.9. The molecule has 0 fully saturated rings. The Morgan fingerprint density at radius 2 is 1.52 bits per heavy atom. The van der Waals surface area contributed by atoms with Crippen LogP contribution in [-0.2, 0) is 9.59 Å². The van der Waals surface area contributed by atoms with Crippen molar-refractivity contribution in [2.45, 2.75) is 84.6 Å². The Labute approximate surface area is 151 Å². The predicted octanol–water partition coefficient (Wildman–Crippen LogP) is 3.09. The van der Waals surface area contributed by atoms with Crippen LogP contribution in [-0.4, -0.2) is 52.6 Å². The Hall–Kier alpha value is -0.0600. The van der Waals surface area contributed by atoms with Crippen LogP contribution in [0.15, 0.2) is 0 Å². The first-order valence-corrected chi connectivity index (χ1v) is 8.05. The standard InChI is InChI=1S/C16H31NO3.Na.H/c1-4-6-7-8-9-10-11-12-14(18)17-15(16(19)20)13(3)5-2;;/h13,15H,4-12H2,1-3H3,(H,17,18)(H,19,20);;/t13-,15-;;/m0../s1. The number of carboxylic acids is 1. The van der Waals surface area contributed by atoms with E-state index in [-0.39, 0.29) is 41.4 Å². The third-order valence-corrected chi connectivity index (χ3v) is 3.80. The van der Waals surface area contributed by atoms with E-state index in [1.165, 1.54) is 32.1 Å². The van der Waals surface area contributed by atoms with Crippen LogP contribution in [0.5, 0.6) is 0 Å². The van der Waals surface area contributed by atoms with E-state index in [1.54, 1.807) is 0 Å². The zero-order chi connectivity index (χ0) is 15.4. The average molecular weight is 309 g/mol. The molecule has 0 aliphatic heterocycles. The molecule has 0 aliphatic carbocycles. The molecule has 0 saturated carbocycles. The number of amides is 1. The number of carbonyl (C=O) groups excluding carboxylic acids is 1. The maximum absolute atomic E-state index is 11.7. The molecular weight excluding hydrogens is 277 g/mol. The van der Waals surface area contributed by atoms with Crippen molar-refractivity contribution in [1.82, 2.24) is 5.32 Å². The number of nitrogens with one attached hydrogen (secondary N) is 1. The Kier molecular flexibility index (Phi) is 16.4. The van der Waals surface area contributed by atoms with E-state index in [9.17, 15) is 9.59 Å². The summed E-state index contributed by atoms with van der Waals surface area (Å²) < 4.78 is 0.